The fourth-order valence-electron chi connectivity index (χ4n) is 2.16. The number of benzene rings is 1. The molecule has 110 valence electrons. The third kappa shape index (κ3) is 2.77. The fraction of sp³-hybridized carbons (Fsp3) is 0.625. The van der Waals surface area contributed by atoms with E-state index in [0.717, 1.165) is 11.0 Å². The third-order valence-electron chi connectivity index (χ3n) is 4.31. The van der Waals surface area contributed by atoms with E-state index in [2.05, 4.69) is 20.8 Å². The van der Waals surface area contributed by atoms with E-state index in [9.17, 15) is 4.39 Å². The van der Waals surface area contributed by atoms with Gasteiger partial charge in [-0.1, -0.05) is 26.8 Å². The average molecular weight is 278 g/mol. The Bertz CT molecular complexity index is 502. The van der Waals surface area contributed by atoms with Gasteiger partial charge in [0.1, 0.15) is 5.82 Å². The van der Waals surface area contributed by atoms with Gasteiger partial charge in [-0.25, -0.2) is 4.39 Å². The Hall–Kier alpha value is -0.865. The van der Waals surface area contributed by atoms with Crippen molar-refractivity contribution < 1.29 is 13.7 Å². The second-order valence-corrected chi connectivity index (χ2v) is 7.61. The molecule has 0 N–H and O–H groups in total. The molecule has 1 fully saturated rings. The maximum Gasteiger partial charge on any atom is 0.494 e. The van der Waals surface area contributed by atoms with Crippen LogP contribution in [0.3, 0.4) is 0 Å². The highest BCUT2D eigenvalue weighted by molar-refractivity contribution is 6.62. The molecule has 1 saturated heterocycles. The van der Waals surface area contributed by atoms with Gasteiger partial charge in [-0.05, 0) is 56.3 Å². The molecule has 0 aromatic heterocycles. The maximum absolute atomic E-state index is 13.9. The molecule has 0 radical (unpaired) electrons. The van der Waals surface area contributed by atoms with Crippen molar-refractivity contribution in [2.45, 2.75) is 65.1 Å². The van der Waals surface area contributed by atoms with E-state index in [1.54, 1.807) is 6.07 Å². The summed E-state index contributed by atoms with van der Waals surface area (Å²) < 4.78 is 25.9. The van der Waals surface area contributed by atoms with Crippen molar-refractivity contribution in [2.24, 2.45) is 0 Å². The van der Waals surface area contributed by atoms with Crippen LogP contribution in [0.15, 0.2) is 18.2 Å². The SMILES string of the molecule is CC(C)(C)c1cc(F)cc(B2OC(C)(C)C(C)(C)O2)c1. The smallest absolute Gasteiger partial charge is 0.399 e. The molecule has 2 nitrogen and oxygen atoms in total. The van der Waals surface area contributed by atoms with Crippen LogP contribution in [-0.4, -0.2) is 18.3 Å². The summed E-state index contributed by atoms with van der Waals surface area (Å²) in [7, 11) is -0.517. The number of hydrogen-bond donors (Lipinski definition) is 0. The minimum Gasteiger partial charge on any atom is -0.399 e. The van der Waals surface area contributed by atoms with Gasteiger partial charge in [0.15, 0.2) is 0 Å². The number of halogens is 1. The van der Waals surface area contributed by atoms with Gasteiger partial charge >= 0.3 is 7.12 Å². The van der Waals surface area contributed by atoms with Crippen LogP contribution < -0.4 is 5.46 Å². The molecule has 1 aliphatic rings. The molecule has 1 aromatic carbocycles. The molecule has 0 amide bonds. The minimum atomic E-state index is -0.517. The number of rotatable bonds is 1. The van der Waals surface area contributed by atoms with Gasteiger partial charge in [-0.15, -0.1) is 0 Å². The molecule has 2 rings (SSSR count). The normalized spacial score (nSPS) is 21.3. The van der Waals surface area contributed by atoms with Crippen LogP contribution in [0.25, 0.3) is 0 Å². The van der Waals surface area contributed by atoms with Crippen molar-refractivity contribution in [1.29, 1.82) is 0 Å². The lowest BCUT2D eigenvalue weighted by Crippen LogP contribution is -2.41. The summed E-state index contributed by atoms with van der Waals surface area (Å²) in [5.41, 5.74) is 0.758. The molecule has 0 spiro atoms. The first-order valence-electron chi connectivity index (χ1n) is 7.09. The van der Waals surface area contributed by atoms with Crippen LogP contribution in [0.4, 0.5) is 4.39 Å². The second-order valence-electron chi connectivity index (χ2n) is 7.61. The summed E-state index contributed by atoms with van der Waals surface area (Å²) in [5, 5.41) is 0. The molecule has 0 bridgehead atoms. The minimum absolute atomic E-state index is 0.111. The lowest BCUT2D eigenvalue weighted by molar-refractivity contribution is 0.00578. The highest BCUT2D eigenvalue weighted by Crippen LogP contribution is 2.36. The zero-order chi connectivity index (χ0) is 15.3. The summed E-state index contributed by atoms with van der Waals surface area (Å²) in [6.45, 7) is 14.2. The Balaban J connectivity index is 2.38. The molecule has 0 unspecified atom stereocenters. The van der Waals surface area contributed by atoms with Crippen molar-refractivity contribution in [3.63, 3.8) is 0 Å². The summed E-state index contributed by atoms with van der Waals surface area (Å²) in [5.74, 6) is -0.248. The van der Waals surface area contributed by atoms with Crippen LogP contribution in [0, 0.1) is 5.82 Å². The summed E-state index contributed by atoms with van der Waals surface area (Å²) in [6.07, 6.45) is 0. The quantitative estimate of drug-likeness (QED) is 0.733. The zero-order valence-corrected chi connectivity index (χ0v) is 13.5. The van der Waals surface area contributed by atoms with Crippen molar-refractivity contribution in [2.75, 3.05) is 0 Å². The first kappa shape index (κ1) is 15.5. The van der Waals surface area contributed by atoms with Crippen molar-refractivity contribution in [1.82, 2.24) is 0 Å². The first-order chi connectivity index (χ1) is 8.92. The monoisotopic (exact) mass is 278 g/mol. The topological polar surface area (TPSA) is 18.5 Å². The van der Waals surface area contributed by atoms with E-state index in [4.69, 9.17) is 9.31 Å². The van der Waals surface area contributed by atoms with E-state index in [0.29, 0.717) is 0 Å². The predicted octanol–water partition coefficient (Wildman–Crippen LogP) is 3.42. The van der Waals surface area contributed by atoms with E-state index < -0.39 is 18.3 Å². The lowest BCUT2D eigenvalue weighted by atomic mass is 9.75. The molecule has 1 aliphatic heterocycles. The second kappa shape index (κ2) is 4.57. The number of hydrogen-bond acceptors (Lipinski definition) is 2. The molecule has 4 heteroatoms. The van der Waals surface area contributed by atoms with Crippen molar-refractivity contribution in [3.8, 4) is 0 Å². The van der Waals surface area contributed by atoms with Gasteiger partial charge in [-0.3, -0.25) is 0 Å². The van der Waals surface area contributed by atoms with Crippen LogP contribution in [0.2, 0.25) is 0 Å². The van der Waals surface area contributed by atoms with E-state index in [1.165, 1.54) is 6.07 Å². The zero-order valence-electron chi connectivity index (χ0n) is 13.5. The Morgan fingerprint density at radius 1 is 0.950 bits per heavy atom. The molecule has 0 aliphatic carbocycles. The molecule has 1 heterocycles. The van der Waals surface area contributed by atoms with E-state index in [1.807, 2.05) is 33.8 Å². The maximum atomic E-state index is 13.9. The van der Waals surface area contributed by atoms with Crippen molar-refractivity contribution >= 4 is 12.6 Å². The van der Waals surface area contributed by atoms with Gasteiger partial charge in [0.2, 0.25) is 0 Å². The molecule has 0 saturated carbocycles. The highest BCUT2D eigenvalue weighted by atomic mass is 19.1. The third-order valence-corrected chi connectivity index (χ3v) is 4.31. The van der Waals surface area contributed by atoms with Crippen LogP contribution in [0.1, 0.15) is 54.0 Å². The fourth-order valence-corrected chi connectivity index (χ4v) is 2.16. The van der Waals surface area contributed by atoms with Gasteiger partial charge in [0.25, 0.3) is 0 Å². The Morgan fingerprint density at radius 2 is 1.45 bits per heavy atom. The summed E-state index contributed by atoms with van der Waals surface area (Å²) in [4.78, 5) is 0. The van der Waals surface area contributed by atoms with E-state index in [-0.39, 0.29) is 11.2 Å². The standard InChI is InChI=1S/C16H24BFO2/c1-14(2,3)11-8-12(10-13(18)9-11)17-19-15(4,5)16(6,7)20-17/h8-10H,1-7H3. The predicted molar refractivity (Wildman–Crippen MR) is 80.8 cm³/mol. The Labute approximate surface area is 121 Å². The van der Waals surface area contributed by atoms with Crippen LogP contribution >= 0.6 is 0 Å². The van der Waals surface area contributed by atoms with Crippen molar-refractivity contribution in [3.05, 3.63) is 29.6 Å². The Kier molecular flexibility index (Phi) is 3.55. The molecule has 20 heavy (non-hydrogen) atoms. The van der Waals surface area contributed by atoms with Gasteiger partial charge in [0, 0.05) is 0 Å². The summed E-state index contributed by atoms with van der Waals surface area (Å²) in [6, 6.07) is 5.05. The largest absolute Gasteiger partial charge is 0.494 e. The van der Waals surface area contributed by atoms with E-state index >= 15 is 0 Å². The summed E-state index contributed by atoms with van der Waals surface area (Å²) >= 11 is 0. The van der Waals surface area contributed by atoms with Gasteiger partial charge in [0.05, 0.1) is 11.2 Å². The van der Waals surface area contributed by atoms with Crippen LogP contribution in [0.5, 0.6) is 0 Å². The molecular weight excluding hydrogens is 254 g/mol. The first-order valence-corrected chi connectivity index (χ1v) is 7.09. The van der Waals surface area contributed by atoms with Gasteiger partial charge < -0.3 is 9.31 Å². The van der Waals surface area contributed by atoms with Gasteiger partial charge in [-0.2, -0.15) is 0 Å². The highest BCUT2D eigenvalue weighted by Gasteiger charge is 2.51. The lowest BCUT2D eigenvalue weighted by Gasteiger charge is -2.32. The average Bonchev–Trinajstić information content (AvgIpc) is 2.46. The molecule has 0 atom stereocenters. The molecular formula is C16H24BFO2. The molecule has 1 aromatic rings. The Morgan fingerprint density at radius 3 is 1.90 bits per heavy atom. The van der Waals surface area contributed by atoms with Crippen LogP contribution in [-0.2, 0) is 14.7 Å².